The van der Waals surface area contributed by atoms with Crippen LogP contribution in [0.4, 0.5) is 11.8 Å². The molecule has 0 saturated carbocycles. The zero-order chi connectivity index (χ0) is 20.8. The molecule has 0 radical (unpaired) electrons. The van der Waals surface area contributed by atoms with Crippen molar-refractivity contribution >= 4 is 23.6 Å². The van der Waals surface area contributed by atoms with Gasteiger partial charge in [0.1, 0.15) is 12.1 Å². The largest absolute Gasteiger partial charge is 0.431 e. The summed E-state index contributed by atoms with van der Waals surface area (Å²) in [6.07, 6.45) is 5.93. The molecule has 10 heteroatoms. The van der Waals surface area contributed by atoms with Gasteiger partial charge in [-0.05, 0) is 29.8 Å². The number of oxazole rings is 1. The molecular weight excluding hydrogens is 388 g/mol. The van der Waals surface area contributed by atoms with Gasteiger partial charge in [-0.3, -0.25) is 19.9 Å². The fourth-order valence-electron chi connectivity index (χ4n) is 2.92. The van der Waals surface area contributed by atoms with Crippen LogP contribution in [0.25, 0.3) is 0 Å². The number of hydrogen-bond donors (Lipinski definition) is 2. The molecule has 3 aromatic heterocycles. The van der Waals surface area contributed by atoms with Gasteiger partial charge in [0.15, 0.2) is 5.69 Å². The van der Waals surface area contributed by atoms with Crippen molar-refractivity contribution in [3.05, 3.63) is 65.9 Å². The van der Waals surface area contributed by atoms with Gasteiger partial charge in [-0.25, -0.2) is 4.98 Å². The predicted octanol–water partition coefficient (Wildman–Crippen LogP) is 1.48. The maximum absolute atomic E-state index is 12.4. The van der Waals surface area contributed by atoms with E-state index in [1.165, 1.54) is 18.7 Å². The summed E-state index contributed by atoms with van der Waals surface area (Å²) in [4.78, 5) is 38.9. The number of ether oxygens (including phenoxy) is 1. The molecule has 0 spiro atoms. The van der Waals surface area contributed by atoms with Crippen LogP contribution >= 0.6 is 0 Å². The number of aromatic nitrogens is 3. The standard InChI is InChI=1S/C20H20N6O4/c27-18(15-2-4-21-5-3-15)25-20-24-16(13-30-20)19(28)23-12-14-1-6-22-17(11-14)26-7-9-29-10-8-26/h1-6,11,13H,7-10,12H2,(H,23,28)(H,24,25,27). The molecule has 2 N–H and O–H groups in total. The molecule has 1 aliphatic rings. The van der Waals surface area contributed by atoms with Gasteiger partial charge in [0, 0.05) is 43.8 Å². The van der Waals surface area contributed by atoms with E-state index >= 15 is 0 Å². The van der Waals surface area contributed by atoms with Crippen molar-refractivity contribution in [1.82, 2.24) is 20.3 Å². The average molecular weight is 408 g/mol. The summed E-state index contributed by atoms with van der Waals surface area (Å²) in [5.74, 6) is 0.0409. The first-order valence-corrected chi connectivity index (χ1v) is 9.42. The van der Waals surface area contributed by atoms with E-state index in [0.717, 1.165) is 24.5 Å². The van der Waals surface area contributed by atoms with Crippen LogP contribution in [0.1, 0.15) is 26.4 Å². The lowest BCUT2D eigenvalue weighted by molar-refractivity contribution is 0.0944. The number of nitrogens with one attached hydrogen (secondary N) is 2. The van der Waals surface area contributed by atoms with Gasteiger partial charge in [-0.1, -0.05) is 0 Å². The summed E-state index contributed by atoms with van der Waals surface area (Å²) in [5, 5.41) is 5.29. The smallest absolute Gasteiger partial charge is 0.302 e. The first-order chi connectivity index (χ1) is 14.7. The second-order valence-electron chi connectivity index (χ2n) is 6.53. The van der Waals surface area contributed by atoms with Gasteiger partial charge in [-0.2, -0.15) is 4.98 Å². The molecule has 3 aromatic rings. The van der Waals surface area contributed by atoms with Crippen LogP contribution in [0.5, 0.6) is 0 Å². The minimum absolute atomic E-state index is 0.0551. The fraction of sp³-hybridized carbons (Fsp3) is 0.250. The zero-order valence-corrected chi connectivity index (χ0v) is 16.1. The van der Waals surface area contributed by atoms with Gasteiger partial charge < -0.3 is 19.4 Å². The molecule has 1 aliphatic heterocycles. The Kier molecular flexibility index (Phi) is 5.95. The Morgan fingerprint density at radius 3 is 2.67 bits per heavy atom. The molecule has 1 fully saturated rings. The quantitative estimate of drug-likeness (QED) is 0.629. The second kappa shape index (κ2) is 9.14. The third-order valence-corrected chi connectivity index (χ3v) is 4.50. The normalized spacial score (nSPS) is 13.7. The highest BCUT2D eigenvalue weighted by Crippen LogP contribution is 2.15. The Bertz CT molecular complexity index is 1020. The number of nitrogens with zero attached hydrogens (tertiary/aromatic N) is 4. The van der Waals surface area contributed by atoms with Gasteiger partial charge in [0.25, 0.3) is 11.8 Å². The fourth-order valence-corrected chi connectivity index (χ4v) is 2.92. The molecule has 30 heavy (non-hydrogen) atoms. The highest BCUT2D eigenvalue weighted by molar-refractivity contribution is 6.03. The topological polar surface area (TPSA) is 122 Å². The van der Waals surface area contributed by atoms with E-state index in [2.05, 4.69) is 30.5 Å². The van der Waals surface area contributed by atoms with Crippen molar-refractivity contribution in [1.29, 1.82) is 0 Å². The van der Waals surface area contributed by atoms with Gasteiger partial charge in [0.2, 0.25) is 0 Å². The number of hydrogen-bond acceptors (Lipinski definition) is 8. The number of rotatable bonds is 6. The number of carbonyl (C=O) groups excluding carboxylic acids is 2. The Morgan fingerprint density at radius 2 is 1.87 bits per heavy atom. The lowest BCUT2D eigenvalue weighted by Crippen LogP contribution is -2.36. The molecule has 0 bridgehead atoms. The Labute approximate surface area is 172 Å². The van der Waals surface area contributed by atoms with Crippen LogP contribution in [0.2, 0.25) is 0 Å². The van der Waals surface area contributed by atoms with E-state index in [1.54, 1.807) is 18.3 Å². The van der Waals surface area contributed by atoms with Crippen molar-refractivity contribution in [2.45, 2.75) is 6.54 Å². The maximum atomic E-state index is 12.4. The lowest BCUT2D eigenvalue weighted by Gasteiger charge is -2.28. The number of pyridine rings is 2. The van der Waals surface area contributed by atoms with Gasteiger partial charge >= 0.3 is 6.01 Å². The molecule has 4 rings (SSSR count). The third-order valence-electron chi connectivity index (χ3n) is 4.50. The first kappa shape index (κ1) is 19.5. The van der Waals surface area contributed by atoms with E-state index in [1.807, 2.05) is 12.1 Å². The van der Waals surface area contributed by atoms with E-state index in [0.29, 0.717) is 25.3 Å². The van der Waals surface area contributed by atoms with Crippen LogP contribution in [-0.4, -0.2) is 53.1 Å². The number of morpholine rings is 1. The second-order valence-corrected chi connectivity index (χ2v) is 6.53. The summed E-state index contributed by atoms with van der Waals surface area (Å²) in [6.45, 7) is 3.24. The van der Waals surface area contributed by atoms with Crippen LogP contribution < -0.4 is 15.5 Å². The van der Waals surface area contributed by atoms with Crippen molar-refractivity contribution in [3.8, 4) is 0 Å². The summed E-state index contributed by atoms with van der Waals surface area (Å²) < 4.78 is 10.5. The van der Waals surface area contributed by atoms with Crippen molar-refractivity contribution < 1.29 is 18.7 Å². The molecule has 4 heterocycles. The third kappa shape index (κ3) is 4.78. The van der Waals surface area contributed by atoms with E-state index < -0.39 is 11.8 Å². The average Bonchev–Trinajstić information content (AvgIpc) is 3.27. The summed E-state index contributed by atoms with van der Waals surface area (Å²) >= 11 is 0. The van der Waals surface area contributed by atoms with Crippen LogP contribution in [0.3, 0.4) is 0 Å². The molecule has 10 nitrogen and oxygen atoms in total. The molecule has 0 unspecified atom stereocenters. The summed E-state index contributed by atoms with van der Waals surface area (Å²) in [5.41, 5.74) is 1.39. The first-order valence-electron chi connectivity index (χ1n) is 9.42. The van der Waals surface area contributed by atoms with E-state index in [-0.39, 0.29) is 11.7 Å². The van der Waals surface area contributed by atoms with Crippen molar-refractivity contribution in [2.75, 3.05) is 36.5 Å². The minimum Gasteiger partial charge on any atom is -0.431 e. The molecule has 0 atom stereocenters. The number of amides is 2. The van der Waals surface area contributed by atoms with Gasteiger partial charge in [-0.15, -0.1) is 0 Å². The molecule has 0 aromatic carbocycles. The van der Waals surface area contributed by atoms with E-state index in [4.69, 9.17) is 9.15 Å². The summed E-state index contributed by atoms with van der Waals surface area (Å²) in [6, 6.07) is 6.85. The Morgan fingerprint density at radius 1 is 1.07 bits per heavy atom. The van der Waals surface area contributed by atoms with Crippen molar-refractivity contribution in [3.63, 3.8) is 0 Å². The van der Waals surface area contributed by atoms with E-state index in [9.17, 15) is 9.59 Å². The molecule has 0 aliphatic carbocycles. The Hall–Kier alpha value is -3.79. The SMILES string of the molecule is O=C(Nc1nc(C(=O)NCc2ccnc(N3CCOCC3)c2)co1)c1ccncc1. The van der Waals surface area contributed by atoms with Crippen molar-refractivity contribution in [2.24, 2.45) is 0 Å². The Balaban J connectivity index is 1.33. The summed E-state index contributed by atoms with van der Waals surface area (Å²) in [7, 11) is 0. The molecular formula is C20H20N6O4. The molecule has 154 valence electrons. The zero-order valence-electron chi connectivity index (χ0n) is 16.1. The maximum Gasteiger partial charge on any atom is 0.302 e. The monoisotopic (exact) mass is 408 g/mol. The molecule has 2 amide bonds. The minimum atomic E-state index is -0.409. The number of anilines is 2. The lowest BCUT2D eigenvalue weighted by atomic mass is 10.2. The van der Waals surface area contributed by atoms with Crippen LogP contribution in [0.15, 0.2) is 53.5 Å². The number of carbonyl (C=O) groups is 2. The van der Waals surface area contributed by atoms with Gasteiger partial charge in [0.05, 0.1) is 13.2 Å². The van der Waals surface area contributed by atoms with Crippen LogP contribution in [-0.2, 0) is 11.3 Å². The predicted molar refractivity (Wildman–Crippen MR) is 107 cm³/mol. The molecule has 1 saturated heterocycles. The highest BCUT2D eigenvalue weighted by Gasteiger charge is 2.16. The van der Waals surface area contributed by atoms with Crippen LogP contribution in [0, 0.1) is 0 Å². The highest BCUT2D eigenvalue weighted by atomic mass is 16.5.